The zero-order valence-electron chi connectivity index (χ0n) is 10.2. The zero-order chi connectivity index (χ0) is 12.1. The third-order valence-corrected chi connectivity index (χ3v) is 2.51. The minimum atomic E-state index is 0.643. The number of nitrogens with one attached hydrogen (secondary N) is 1. The number of hydrogen-bond acceptors (Lipinski definition) is 4. The summed E-state index contributed by atoms with van der Waals surface area (Å²) in [6.07, 6.45) is 1.69. The van der Waals surface area contributed by atoms with E-state index in [0.29, 0.717) is 6.01 Å². The molecule has 0 amide bonds. The standard InChI is InChI=1S/C13H17N3O/c1-3-16(12-7-5-4-6-8-12)13-15-11(9-14-2)10-17-13/h4-8,10,14H,3,9H2,1-2H3. The van der Waals surface area contributed by atoms with Gasteiger partial charge in [0, 0.05) is 18.8 Å². The summed E-state index contributed by atoms with van der Waals surface area (Å²) in [4.78, 5) is 6.49. The summed E-state index contributed by atoms with van der Waals surface area (Å²) in [5, 5.41) is 3.05. The Morgan fingerprint density at radius 3 is 2.71 bits per heavy atom. The third kappa shape index (κ3) is 2.65. The van der Waals surface area contributed by atoms with Gasteiger partial charge in [0.05, 0.1) is 5.69 Å². The van der Waals surface area contributed by atoms with Crippen molar-refractivity contribution in [2.45, 2.75) is 13.5 Å². The molecule has 0 aliphatic carbocycles. The second-order valence-electron chi connectivity index (χ2n) is 3.73. The fraction of sp³-hybridized carbons (Fsp3) is 0.308. The van der Waals surface area contributed by atoms with Crippen LogP contribution in [-0.4, -0.2) is 18.6 Å². The first-order valence-corrected chi connectivity index (χ1v) is 5.76. The van der Waals surface area contributed by atoms with Crippen LogP contribution in [0, 0.1) is 0 Å². The highest BCUT2D eigenvalue weighted by molar-refractivity contribution is 5.55. The van der Waals surface area contributed by atoms with Gasteiger partial charge in [-0.05, 0) is 26.1 Å². The van der Waals surface area contributed by atoms with Gasteiger partial charge in [0.15, 0.2) is 0 Å². The summed E-state index contributed by atoms with van der Waals surface area (Å²) in [6.45, 7) is 3.62. The Kier molecular flexibility index (Phi) is 3.77. The number of nitrogens with zero attached hydrogens (tertiary/aromatic N) is 2. The molecule has 0 aliphatic rings. The lowest BCUT2D eigenvalue weighted by Crippen LogP contribution is -2.16. The summed E-state index contributed by atoms with van der Waals surface area (Å²) >= 11 is 0. The van der Waals surface area contributed by atoms with E-state index in [0.717, 1.165) is 24.5 Å². The van der Waals surface area contributed by atoms with Gasteiger partial charge in [0.1, 0.15) is 6.26 Å². The Morgan fingerprint density at radius 2 is 2.06 bits per heavy atom. The largest absolute Gasteiger partial charge is 0.431 e. The number of rotatable bonds is 5. The van der Waals surface area contributed by atoms with Crippen LogP contribution in [0.2, 0.25) is 0 Å². The van der Waals surface area contributed by atoms with Crippen LogP contribution < -0.4 is 10.2 Å². The van der Waals surface area contributed by atoms with Crippen molar-refractivity contribution in [1.29, 1.82) is 0 Å². The zero-order valence-corrected chi connectivity index (χ0v) is 10.2. The molecule has 0 unspecified atom stereocenters. The van der Waals surface area contributed by atoms with Crippen LogP contribution in [0.5, 0.6) is 0 Å². The average Bonchev–Trinajstić information content (AvgIpc) is 2.81. The molecular formula is C13H17N3O. The minimum absolute atomic E-state index is 0.643. The van der Waals surface area contributed by atoms with E-state index in [1.165, 1.54) is 0 Å². The summed E-state index contributed by atoms with van der Waals surface area (Å²) < 4.78 is 5.50. The Labute approximate surface area is 101 Å². The molecule has 0 bridgehead atoms. The summed E-state index contributed by atoms with van der Waals surface area (Å²) in [5.41, 5.74) is 2.00. The lowest BCUT2D eigenvalue weighted by Gasteiger charge is -2.18. The predicted octanol–water partition coefficient (Wildman–Crippen LogP) is 2.55. The maximum Gasteiger partial charge on any atom is 0.302 e. The van der Waals surface area contributed by atoms with Crippen molar-refractivity contribution >= 4 is 11.7 Å². The Balaban J connectivity index is 2.23. The van der Waals surface area contributed by atoms with E-state index in [1.54, 1.807) is 6.26 Å². The summed E-state index contributed by atoms with van der Waals surface area (Å²) in [5.74, 6) is 0. The maximum absolute atomic E-state index is 5.50. The first kappa shape index (κ1) is 11.7. The Hall–Kier alpha value is -1.81. The molecular weight excluding hydrogens is 214 g/mol. The molecule has 0 aliphatic heterocycles. The van der Waals surface area contributed by atoms with E-state index < -0.39 is 0 Å². The number of benzene rings is 1. The van der Waals surface area contributed by atoms with E-state index in [-0.39, 0.29) is 0 Å². The minimum Gasteiger partial charge on any atom is -0.431 e. The van der Waals surface area contributed by atoms with E-state index in [9.17, 15) is 0 Å². The van der Waals surface area contributed by atoms with Crippen LogP contribution >= 0.6 is 0 Å². The monoisotopic (exact) mass is 231 g/mol. The first-order valence-electron chi connectivity index (χ1n) is 5.76. The molecule has 2 aromatic rings. The van der Waals surface area contributed by atoms with Gasteiger partial charge in [-0.25, -0.2) is 0 Å². The van der Waals surface area contributed by atoms with Crippen molar-refractivity contribution in [2.75, 3.05) is 18.5 Å². The molecule has 4 heteroatoms. The second kappa shape index (κ2) is 5.50. The van der Waals surface area contributed by atoms with Crippen molar-refractivity contribution < 1.29 is 4.42 Å². The molecule has 4 nitrogen and oxygen atoms in total. The topological polar surface area (TPSA) is 41.3 Å². The quantitative estimate of drug-likeness (QED) is 0.858. The Morgan fingerprint density at radius 1 is 1.29 bits per heavy atom. The van der Waals surface area contributed by atoms with Gasteiger partial charge >= 0.3 is 6.01 Å². The molecule has 0 radical (unpaired) electrons. The number of anilines is 2. The average molecular weight is 231 g/mol. The fourth-order valence-electron chi connectivity index (χ4n) is 1.72. The maximum atomic E-state index is 5.50. The summed E-state index contributed by atoms with van der Waals surface area (Å²) in [6, 6.07) is 10.8. The van der Waals surface area contributed by atoms with Gasteiger partial charge in [-0.15, -0.1) is 0 Å². The van der Waals surface area contributed by atoms with Gasteiger partial charge in [-0.2, -0.15) is 4.98 Å². The van der Waals surface area contributed by atoms with Crippen molar-refractivity contribution in [2.24, 2.45) is 0 Å². The van der Waals surface area contributed by atoms with Crippen LogP contribution in [0.1, 0.15) is 12.6 Å². The van der Waals surface area contributed by atoms with Crippen LogP contribution in [0.25, 0.3) is 0 Å². The number of hydrogen-bond donors (Lipinski definition) is 1. The van der Waals surface area contributed by atoms with E-state index in [4.69, 9.17) is 4.42 Å². The SMILES string of the molecule is CCN(c1ccccc1)c1nc(CNC)co1. The molecule has 0 spiro atoms. The van der Waals surface area contributed by atoms with E-state index in [1.807, 2.05) is 42.3 Å². The van der Waals surface area contributed by atoms with E-state index >= 15 is 0 Å². The van der Waals surface area contributed by atoms with Crippen molar-refractivity contribution in [1.82, 2.24) is 10.3 Å². The molecule has 90 valence electrons. The van der Waals surface area contributed by atoms with Crippen molar-refractivity contribution in [3.8, 4) is 0 Å². The normalized spacial score (nSPS) is 10.5. The van der Waals surface area contributed by atoms with Gasteiger partial charge in [0.2, 0.25) is 0 Å². The molecule has 1 N–H and O–H groups in total. The molecule has 2 rings (SSSR count). The third-order valence-electron chi connectivity index (χ3n) is 2.51. The van der Waals surface area contributed by atoms with Gasteiger partial charge in [0.25, 0.3) is 0 Å². The lowest BCUT2D eigenvalue weighted by atomic mass is 10.3. The van der Waals surface area contributed by atoms with Gasteiger partial charge in [-0.1, -0.05) is 18.2 Å². The highest BCUT2D eigenvalue weighted by Crippen LogP contribution is 2.23. The lowest BCUT2D eigenvalue weighted by molar-refractivity contribution is 0.553. The molecule has 0 fully saturated rings. The van der Waals surface area contributed by atoms with Crippen LogP contribution in [0.3, 0.4) is 0 Å². The molecule has 17 heavy (non-hydrogen) atoms. The highest BCUT2D eigenvalue weighted by Gasteiger charge is 2.12. The van der Waals surface area contributed by atoms with Gasteiger partial charge in [-0.3, -0.25) is 4.90 Å². The first-order chi connectivity index (χ1) is 8.35. The molecule has 0 atom stereocenters. The summed E-state index contributed by atoms with van der Waals surface area (Å²) in [7, 11) is 1.89. The predicted molar refractivity (Wildman–Crippen MR) is 68.4 cm³/mol. The molecule has 0 saturated carbocycles. The van der Waals surface area contributed by atoms with Crippen LogP contribution in [0.15, 0.2) is 41.0 Å². The highest BCUT2D eigenvalue weighted by atomic mass is 16.4. The van der Waals surface area contributed by atoms with Crippen LogP contribution in [0.4, 0.5) is 11.7 Å². The van der Waals surface area contributed by atoms with E-state index in [2.05, 4.69) is 17.2 Å². The Bertz CT molecular complexity index is 453. The smallest absolute Gasteiger partial charge is 0.302 e. The number of aromatic nitrogens is 1. The van der Waals surface area contributed by atoms with Crippen LogP contribution in [-0.2, 0) is 6.54 Å². The molecule has 1 aromatic heterocycles. The number of para-hydroxylation sites is 1. The van der Waals surface area contributed by atoms with Crippen molar-refractivity contribution in [3.05, 3.63) is 42.3 Å². The second-order valence-corrected chi connectivity index (χ2v) is 3.73. The number of oxazole rings is 1. The van der Waals surface area contributed by atoms with Gasteiger partial charge < -0.3 is 9.73 Å². The molecule has 1 aromatic carbocycles. The van der Waals surface area contributed by atoms with Crippen molar-refractivity contribution in [3.63, 3.8) is 0 Å². The fourth-order valence-corrected chi connectivity index (χ4v) is 1.72. The molecule has 0 saturated heterocycles. The molecule has 1 heterocycles.